The van der Waals surface area contributed by atoms with Gasteiger partial charge in [0.15, 0.2) is 5.78 Å². The lowest BCUT2D eigenvalue weighted by atomic mass is 9.98. The van der Waals surface area contributed by atoms with E-state index < -0.39 is 0 Å². The minimum Gasteiger partial charge on any atom is -0.378 e. The molecule has 0 aliphatic rings. The lowest BCUT2D eigenvalue weighted by Gasteiger charge is -2.20. The number of anilines is 1. The van der Waals surface area contributed by atoms with Gasteiger partial charge in [0.25, 0.3) is 0 Å². The number of carbonyl (C=O) groups excluding carboxylic acids is 1. The van der Waals surface area contributed by atoms with Gasteiger partial charge in [-0.25, -0.2) is 0 Å². The van der Waals surface area contributed by atoms with Crippen LogP contribution in [0.25, 0.3) is 10.8 Å². The molecule has 28 heavy (non-hydrogen) atoms. The zero-order valence-corrected chi connectivity index (χ0v) is 16.8. The fourth-order valence-electron chi connectivity index (χ4n) is 3.25. The van der Waals surface area contributed by atoms with Crippen molar-refractivity contribution in [2.45, 2.75) is 12.5 Å². The lowest BCUT2D eigenvalue weighted by Crippen LogP contribution is -2.16. The Morgan fingerprint density at radius 1 is 0.929 bits per heavy atom. The van der Waals surface area contributed by atoms with Gasteiger partial charge >= 0.3 is 0 Å². The first-order valence-corrected chi connectivity index (χ1v) is 9.92. The molecule has 1 atom stereocenters. The van der Waals surface area contributed by atoms with E-state index in [1.54, 1.807) is 6.20 Å². The first-order chi connectivity index (χ1) is 13.7. The molecule has 0 saturated carbocycles. The standard InChI is InChI=1S/C24H19BrN2O/c25-21-10-7-18(8-11-21)24(28)15-23(20-6-3-13-26-16-20)27-22-12-9-17-4-1-2-5-19(17)14-22/h1-14,16,23,27H,15H2/t23-/m0/s1. The van der Waals surface area contributed by atoms with Crippen molar-refractivity contribution < 1.29 is 4.79 Å². The monoisotopic (exact) mass is 430 g/mol. The van der Waals surface area contributed by atoms with Crippen LogP contribution < -0.4 is 5.32 Å². The van der Waals surface area contributed by atoms with Gasteiger partial charge in [-0.1, -0.05) is 64.5 Å². The summed E-state index contributed by atoms with van der Waals surface area (Å²) in [6.45, 7) is 0. The molecule has 138 valence electrons. The van der Waals surface area contributed by atoms with Crippen molar-refractivity contribution in [3.05, 3.63) is 107 Å². The van der Waals surface area contributed by atoms with Gasteiger partial charge in [0.1, 0.15) is 0 Å². The molecule has 0 amide bonds. The smallest absolute Gasteiger partial charge is 0.165 e. The molecule has 1 aromatic heterocycles. The van der Waals surface area contributed by atoms with E-state index in [-0.39, 0.29) is 11.8 Å². The van der Waals surface area contributed by atoms with Crippen molar-refractivity contribution in [2.75, 3.05) is 5.32 Å². The average molecular weight is 431 g/mol. The van der Waals surface area contributed by atoms with Gasteiger partial charge < -0.3 is 5.32 Å². The minimum atomic E-state index is -0.161. The van der Waals surface area contributed by atoms with Crippen LogP contribution in [0.4, 0.5) is 5.69 Å². The molecule has 4 aromatic rings. The van der Waals surface area contributed by atoms with E-state index in [0.717, 1.165) is 21.1 Å². The number of fused-ring (bicyclic) bond motifs is 1. The first kappa shape index (κ1) is 18.4. The van der Waals surface area contributed by atoms with E-state index in [4.69, 9.17) is 0 Å². The highest BCUT2D eigenvalue weighted by molar-refractivity contribution is 9.10. The number of aromatic nitrogens is 1. The SMILES string of the molecule is O=C(C[C@H](Nc1ccc2ccccc2c1)c1cccnc1)c1ccc(Br)cc1. The van der Waals surface area contributed by atoms with E-state index in [0.29, 0.717) is 12.0 Å². The topological polar surface area (TPSA) is 42.0 Å². The Morgan fingerprint density at radius 3 is 2.46 bits per heavy atom. The van der Waals surface area contributed by atoms with Crippen molar-refractivity contribution in [1.82, 2.24) is 4.98 Å². The van der Waals surface area contributed by atoms with Crippen molar-refractivity contribution in [3.63, 3.8) is 0 Å². The molecule has 3 aromatic carbocycles. The van der Waals surface area contributed by atoms with Gasteiger partial charge in [0, 0.05) is 34.5 Å². The molecule has 0 radical (unpaired) electrons. The Morgan fingerprint density at radius 2 is 1.71 bits per heavy atom. The second-order valence-corrected chi connectivity index (χ2v) is 7.60. The van der Waals surface area contributed by atoms with Crippen LogP contribution in [-0.2, 0) is 0 Å². The molecular formula is C24H19BrN2O. The maximum Gasteiger partial charge on any atom is 0.165 e. The Kier molecular flexibility index (Phi) is 5.49. The third-order valence-corrected chi connectivity index (χ3v) is 5.26. The first-order valence-electron chi connectivity index (χ1n) is 9.13. The van der Waals surface area contributed by atoms with Gasteiger partial charge in [-0.05, 0) is 46.7 Å². The quantitative estimate of drug-likeness (QED) is 0.358. The fraction of sp³-hybridized carbons (Fsp3) is 0.0833. The number of benzene rings is 3. The molecule has 0 aliphatic heterocycles. The van der Waals surface area contributed by atoms with Gasteiger partial charge in [-0.2, -0.15) is 0 Å². The largest absolute Gasteiger partial charge is 0.378 e. The van der Waals surface area contributed by atoms with E-state index >= 15 is 0 Å². The van der Waals surface area contributed by atoms with Crippen LogP contribution in [0, 0.1) is 0 Å². The predicted octanol–water partition coefficient (Wildman–Crippen LogP) is 6.42. The summed E-state index contributed by atoms with van der Waals surface area (Å²) in [5.74, 6) is 0.0923. The predicted molar refractivity (Wildman–Crippen MR) is 118 cm³/mol. The van der Waals surface area contributed by atoms with E-state index in [1.165, 1.54) is 5.39 Å². The van der Waals surface area contributed by atoms with Crippen LogP contribution in [-0.4, -0.2) is 10.8 Å². The van der Waals surface area contributed by atoms with Gasteiger partial charge in [0.2, 0.25) is 0 Å². The van der Waals surface area contributed by atoms with E-state index in [9.17, 15) is 4.79 Å². The summed E-state index contributed by atoms with van der Waals surface area (Å²) < 4.78 is 0.960. The van der Waals surface area contributed by atoms with Gasteiger partial charge in [0.05, 0.1) is 6.04 Å². The summed E-state index contributed by atoms with van der Waals surface area (Å²) in [6, 6.07) is 25.7. The highest BCUT2D eigenvalue weighted by Crippen LogP contribution is 2.27. The third kappa shape index (κ3) is 4.29. The Balaban J connectivity index is 1.61. The Bertz CT molecular complexity index is 1090. The maximum absolute atomic E-state index is 12.9. The van der Waals surface area contributed by atoms with E-state index in [2.05, 4.69) is 56.6 Å². The summed E-state index contributed by atoms with van der Waals surface area (Å²) >= 11 is 3.41. The second-order valence-electron chi connectivity index (χ2n) is 6.68. The lowest BCUT2D eigenvalue weighted by molar-refractivity contribution is 0.0976. The summed E-state index contributed by atoms with van der Waals surface area (Å²) in [6.07, 6.45) is 3.90. The molecule has 4 heteroatoms. The molecule has 0 spiro atoms. The molecule has 3 nitrogen and oxygen atoms in total. The zero-order valence-electron chi connectivity index (χ0n) is 15.2. The summed E-state index contributed by atoms with van der Waals surface area (Å²) in [5, 5.41) is 5.88. The number of nitrogens with one attached hydrogen (secondary N) is 1. The third-order valence-electron chi connectivity index (χ3n) is 4.73. The van der Waals surface area contributed by atoms with E-state index in [1.807, 2.05) is 54.7 Å². The highest BCUT2D eigenvalue weighted by Gasteiger charge is 2.18. The van der Waals surface area contributed by atoms with Crippen molar-refractivity contribution in [3.8, 4) is 0 Å². The molecule has 0 aliphatic carbocycles. The molecule has 1 N–H and O–H groups in total. The van der Waals surface area contributed by atoms with Crippen molar-refractivity contribution in [2.24, 2.45) is 0 Å². The number of nitrogens with zero attached hydrogens (tertiary/aromatic N) is 1. The molecule has 4 rings (SSSR count). The van der Waals surface area contributed by atoms with Crippen LogP contribution in [0.2, 0.25) is 0 Å². The normalized spacial score (nSPS) is 11.9. The molecule has 0 unspecified atom stereocenters. The maximum atomic E-state index is 12.9. The fourth-order valence-corrected chi connectivity index (χ4v) is 3.52. The molecule has 1 heterocycles. The second kappa shape index (κ2) is 8.36. The highest BCUT2D eigenvalue weighted by atomic mass is 79.9. The number of Topliss-reactive ketones (excluding diaryl/α,β-unsaturated/α-hetero) is 1. The van der Waals surface area contributed by atoms with Crippen LogP contribution in [0.3, 0.4) is 0 Å². The van der Waals surface area contributed by atoms with Crippen molar-refractivity contribution >= 4 is 38.2 Å². The zero-order chi connectivity index (χ0) is 19.3. The van der Waals surface area contributed by atoms with Crippen LogP contribution in [0.1, 0.15) is 28.4 Å². The van der Waals surface area contributed by atoms with Crippen LogP contribution in [0.5, 0.6) is 0 Å². The van der Waals surface area contributed by atoms with Gasteiger partial charge in [-0.3, -0.25) is 9.78 Å². The van der Waals surface area contributed by atoms with Crippen LogP contribution in [0.15, 0.2) is 95.7 Å². The number of carbonyl (C=O) groups is 1. The number of pyridine rings is 1. The molecule has 0 bridgehead atoms. The van der Waals surface area contributed by atoms with Crippen molar-refractivity contribution in [1.29, 1.82) is 0 Å². The number of hydrogen-bond acceptors (Lipinski definition) is 3. The molecular weight excluding hydrogens is 412 g/mol. The number of halogens is 1. The molecule has 0 fully saturated rings. The molecule has 0 saturated heterocycles. The average Bonchev–Trinajstić information content (AvgIpc) is 2.74. The number of ketones is 1. The Labute approximate surface area is 172 Å². The number of hydrogen-bond donors (Lipinski definition) is 1. The number of rotatable bonds is 6. The summed E-state index contributed by atoms with van der Waals surface area (Å²) in [7, 11) is 0. The minimum absolute atomic E-state index is 0.0923. The van der Waals surface area contributed by atoms with Crippen LogP contribution >= 0.6 is 15.9 Å². The Hall–Kier alpha value is -2.98. The van der Waals surface area contributed by atoms with Gasteiger partial charge in [-0.15, -0.1) is 0 Å². The summed E-state index contributed by atoms with van der Waals surface area (Å²) in [4.78, 5) is 17.1. The summed E-state index contributed by atoms with van der Waals surface area (Å²) in [5.41, 5.74) is 2.68.